The van der Waals surface area contributed by atoms with Gasteiger partial charge < -0.3 is 9.47 Å². The summed E-state index contributed by atoms with van der Waals surface area (Å²) < 4.78 is 118. The second-order valence-corrected chi connectivity index (χ2v) is 9.66. The first-order chi connectivity index (χ1) is 18.5. The van der Waals surface area contributed by atoms with Crippen molar-refractivity contribution >= 4 is 0 Å². The molecular formula is C29H26F8O2. The van der Waals surface area contributed by atoms with Crippen LogP contribution in [0.5, 0.6) is 11.5 Å². The van der Waals surface area contributed by atoms with E-state index in [0.717, 1.165) is 30.3 Å². The van der Waals surface area contributed by atoms with E-state index in [1.807, 2.05) is 6.92 Å². The van der Waals surface area contributed by atoms with Gasteiger partial charge in [-0.25, -0.2) is 22.0 Å². The van der Waals surface area contributed by atoms with Crippen molar-refractivity contribution in [3.63, 3.8) is 0 Å². The van der Waals surface area contributed by atoms with Crippen molar-refractivity contribution in [1.29, 1.82) is 0 Å². The van der Waals surface area contributed by atoms with Crippen molar-refractivity contribution in [3.8, 4) is 11.5 Å². The Kier molecular flexibility index (Phi) is 8.71. The van der Waals surface area contributed by atoms with E-state index >= 15 is 0 Å². The quantitative estimate of drug-likeness (QED) is 0.257. The average molecular weight is 559 g/mol. The Morgan fingerprint density at radius 1 is 0.769 bits per heavy atom. The maximum atomic E-state index is 14.8. The normalized spacial score (nSPS) is 17.8. The molecule has 0 amide bonds. The summed E-state index contributed by atoms with van der Waals surface area (Å²) in [6.45, 7) is 1.39. The summed E-state index contributed by atoms with van der Waals surface area (Å²) in [6.07, 6.45) is -1.83. The van der Waals surface area contributed by atoms with E-state index in [4.69, 9.17) is 4.74 Å². The van der Waals surface area contributed by atoms with E-state index in [0.29, 0.717) is 55.2 Å². The lowest BCUT2D eigenvalue weighted by molar-refractivity contribution is -0.275. The van der Waals surface area contributed by atoms with Gasteiger partial charge in [0, 0.05) is 0 Å². The van der Waals surface area contributed by atoms with Crippen LogP contribution >= 0.6 is 0 Å². The van der Waals surface area contributed by atoms with Crippen molar-refractivity contribution in [2.24, 2.45) is 0 Å². The number of hydrogen-bond acceptors (Lipinski definition) is 2. The van der Waals surface area contributed by atoms with Gasteiger partial charge in [-0.05, 0) is 90.5 Å². The molecule has 3 aromatic rings. The Balaban J connectivity index is 1.39. The fourth-order valence-electron chi connectivity index (χ4n) is 5.07. The van der Waals surface area contributed by atoms with Crippen LogP contribution in [0, 0.1) is 29.1 Å². The third-order valence-electron chi connectivity index (χ3n) is 6.98. The smallest absolute Gasteiger partial charge is 0.483 e. The molecule has 1 saturated carbocycles. The number of hydrogen-bond donors (Lipinski definition) is 0. The molecule has 1 aliphatic carbocycles. The highest BCUT2D eigenvalue weighted by molar-refractivity contribution is 5.35. The lowest BCUT2D eigenvalue weighted by Gasteiger charge is -2.29. The predicted molar refractivity (Wildman–Crippen MR) is 128 cm³/mol. The van der Waals surface area contributed by atoms with Gasteiger partial charge in [0.25, 0.3) is 0 Å². The molecule has 2 nitrogen and oxygen atoms in total. The molecule has 0 N–H and O–H groups in total. The topological polar surface area (TPSA) is 18.5 Å². The van der Waals surface area contributed by atoms with Gasteiger partial charge in [0.1, 0.15) is 6.61 Å². The Morgan fingerprint density at radius 2 is 1.41 bits per heavy atom. The maximum absolute atomic E-state index is 14.8. The van der Waals surface area contributed by atoms with Gasteiger partial charge in [0.15, 0.2) is 40.6 Å². The van der Waals surface area contributed by atoms with Crippen molar-refractivity contribution in [2.75, 3.05) is 0 Å². The lowest BCUT2D eigenvalue weighted by Crippen LogP contribution is -2.18. The number of aryl methyl sites for hydroxylation is 1. The van der Waals surface area contributed by atoms with Crippen LogP contribution in [-0.4, -0.2) is 6.36 Å². The zero-order valence-electron chi connectivity index (χ0n) is 21.0. The number of rotatable bonds is 8. The van der Waals surface area contributed by atoms with Crippen molar-refractivity contribution in [2.45, 2.75) is 70.3 Å². The first-order valence-corrected chi connectivity index (χ1v) is 12.6. The highest BCUT2D eigenvalue weighted by atomic mass is 19.4. The summed E-state index contributed by atoms with van der Waals surface area (Å²) in [5.41, 5.74) is 1.11. The van der Waals surface area contributed by atoms with E-state index in [1.54, 1.807) is 12.1 Å². The van der Waals surface area contributed by atoms with Gasteiger partial charge in [-0.15, -0.1) is 13.2 Å². The van der Waals surface area contributed by atoms with E-state index < -0.39 is 53.6 Å². The molecule has 4 rings (SSSR count). The van der Waals surface area contributed by atoms with Gasteiger partial charge in [-0.1, -0.05) is 31.5 Å². The molecule has 210 valence electrons. The lowest BCUT2D eigenvalue weighted by atomic mass is 9.76. The zero-order valence-corrected chi connectivity index (χ0v) is 21.0. The highest BCUT2D eigenvalue weighted by Crippen LogP contribution is 2.43. The van der Waals surface area contributed by atoms with Crippen molar-refractivity contribution in [1.82, 2.24) is 0 Å². The molecule has 0 radical (unpaired) electrons. The minimum absolute atomic E-state index is 0.0367. The van der Waals surface area contributed by atoms with Crippen LogP contribution in [0.1, 0.15) is 73.1 Å². The highest BCUT2D eigenvalue weighted by Gasteiger charge is 2.32. The first kappa shape index (κ1) is 28.7. The summed E-state index contributed by atoms with van der Waals surface area (Å²) in [5, 5.41) is 0. The molecule has 0 bridgehead atoms. The molecule has 1 aliphatic rings. The molecule has 0 atom stereocenters. The predicted octanol–water partition coefficient (Wildman–Crippen LogP) is 9.25. The number of alkyl halides is 3. The number of halogens is 8. The third kappa shape index (κ3) is 6.83. The van der Waals surface area contributed by atoms with E-state index in [2.05, 4.69) is 4.74 Å². The summed E-state index contributed by atoms with van der Waals surface area (Å²) in [7, 11) is 0. The molecule has 10 heteroatoms. The van der Waals surface area contributed by atoms with Crippen molar-refractivity contribution < 1.29 is 44.6 Å². The second-order valence-electron chi connectivity index (χ2n) is 9.66. The molecule has 0 unspecified atom stereocenters. The van der Waals surface area contributed by atoms with Crippen LogP contribution in [0.4, 0.5) is 35.1 Å². The van der Waals surface area contributed by atoms with E-state index in [1.165, 1.54) is 0 Å². The third-order valence-corrected chi connectivity index (χ3v) is 6.98. The van der Waals surface area contributed by atoms with Crippen LogP contribution in [0.25, 0.3) is 0 Å². The maximum Gasteiger partial charge on any atom is 0.573 e. The van der Waals surface area contributed by atoms with Crippen LogP contribution in [-0.2, 0) is 13.0 Å². The molecule has 0 spiro atoms. The van der Waals surface area contributed by atoms with Gasteiger partial charge in [-0.2, -0.15) is 0 Å². The van der Waals surface area contributed by atoms with Crippen LogP contribution in [0.3, 0.4) is 0 Å². The minimum atomic E-state index is -5.07. The second kappa shape index (κ2) is 11.8. The van der Waals surface area contributed by atoms with Gasteiger partial charge in [-0.3, -0.25) is 0 Å². The molecule has 0 aromatic heterocycles. The fourth-order valence-corrected chi connectivity index (χ4v) is 5.07. The van der Waals surface area contributed by atoms with Crippen molar-refractivity contribution in [3.05, 3.63) is 93.8 Å². The molecule has 0 heterocycles. The summed E-state index contributed by atoms with van der Waals surface area (Å²) in [6, 6.07) is 8.07. The molecule has 0 aliphatic heterocycles. The van der Waals surface area contributed by atoms with Crippen LogP contribution in [0.15, 0.2) is 42.5 Å². The average Bonchev–Trinajstić information content (AvgIpc) is 2.87. The Hall–Kier alpha value is -3.30. The molecule has 39 heavy (non-hydrogen) atoms. The van der Waals surface area contributed by atoms with E-state index in [9.17, 15) is 35.1 Å². The largest absolute Gasteiger partial charge is 0.573 e. The Morgan fingerprint density at radius 3 is 2.00 bits per heavy atom. The number of benzene rings is 3. The SMILES string of the molecule is CCCc1ccc(C2CCC(c3cc(F)c(OCc4ccc(OC(F)(F)F)c(F)c4)c(F)c3)CC2)c(F)c1F. The van der Waals surface area contributed by atoms with Gasteiger partial charge in [0.05, 0.1) is 0 Å². The Labute approximate surface area is 220 Å². The zero-order chi connectivity index (χ0) is 28.3. The van der Waals surface area contributed by atoms with E-state index in [-0.39, 0.29) is 17.4 Å². The van der Waals surface area contributed by atoms with Gasteiger partial charge >= 0.3 is 6.36 Å². The summed E-state index contributed by atoms with van der Waals surface area (Å²) in [5.74, 6) is -7.04. The summed E-state index contributed by atoms with van der Waals surface area (Å²) in [4.78, 5) is 0. The minimum Gasteiger partial charge on any atom is -0.483 e. The molecular weight excluding hydrogens is 532 g/mol. The van der Waals surface area contributed by atoms with Crippen LogP contribution in [0.2, 0.25) is 0 Å². The number of ether oxygens (including phenoxy) is 2. The van der Waals surface area contributed by atoms with Gasteiger partial charge in [0.2, 0.25) is 0 Å². The first-order valence-electron chi connectivity index (χ1n) is 12.6. The molecule has 0 saturated heterocycles. The van der Waals surface area contributed by atoms with Crippen LogP contribution < -0.4 is 9.47 Å². The molecule has 3 aromatic carbocycles. The summed E-state index contributed by atoms with van der Waals surface area (Å²) >= 11 is 0. The molecule has 1 fully saturated rings. The standard InChI is InChI=1S/C29H26F8O2/c1-2-3-19-9-10-21(27(34)26(19)33)18-7-5-17(6-8-18)20-13-23(31)28(24(32)14-20)38-15-16-4-11-25(22(30)12-16)39-29(35,36)37/h4,9-14,17-18H,2-3,5-8,15H2,1H3. The fraction of sp³-hybridized carbons (Fsp3) is 0.379. The Bertz CT molecular complexity index is 1290. The monoisotopic (exact) mass is 558 g/mol.